The monoisotopic (exact) mass is 1020 g/mol. The fraction of sp³-hybridized carbons (Fsp3) is 0.588. The Kier molecular flexibility index (Phi) is 29.9. The summed E-state index contributed by atoms with van der Waals surface area (Å²) in [6, 6.07) is 24.0. The zero-order valence-electron chi connectivity index (χ0n) is 41.8. The molecule has 0 saturated heterocycles. The summed E-state index contributed by atoms with van der Waals surface area (Å²) in [5.74, 6) is 0. The van der Waals surface area contributed by atoms with E-state index < -0.39 is 17.1 Å². The number of nitrogens with zero attached hydrogens (tertiary/aromatic N) is 3. The maximum atomic E-state index is 13.8. The van der Waals surface area contributed by atoms with Gasteiger partial charge < -0.3 is 42.0 Å². The zero-order chi connectivity index (χ0) is 49.5. The molecule has 0 aliphatic rings. The van der Waals surface area contributed by atoms with Crippen molar-refractivity contribution in [1.29, 1.82) is 0 Å². The topological polar surface area (TPSA) is 149 Å². The van der Waals surface area contributed by atoms with Crippen LogP contribution in [0.5, 0.6) is 0 Å². The van der Waals surface area contributed by atoms with Crippen molar-refractivity contribution in [3.05, 3.63) is 121 Å². The van der Waals surface area contributed by atoms with E-state index in [-0.39, 0.29) is 84.2 Å². The Labute approximate surface area is 414 Å². The maximum Gasteiger partial charge on any atom is 0.336 e. The van der Waals surface area contributed by atoms with Gasteiger partial charge in [0.1, 0.15) is 0 Å². The van der Waals surface area contributed by atoms with Crippen molar-refractivity contribution in [1.82, 2.24) is 13.7 Å². The predicted octanol–water partition coefficient (Wildman–Crippen LogP) is 7.66. The summed E-state index contributed by atoms with van der Waals surface area (Å²) in [5, 5.41) is 2.88. The molecule has 4 rings (SSSR count). The van der Waals surface area contributed by atoms with Gasteiger partial charge in [0.15, 0.2) is 0 Å². The molecule has 0 radical (unpaired) electrons. The van der Waals surface area contributed by atoms with Crippen molar-refractivity contribution >= 4 is 42.3 Å². The number of benzene rings is 3. The van der Waals surface area contributed by atoms with Gasteiger partial charge in [0, 0.05) is 46.2 Å². The minimum atomic E-state index is -0.714. The maximum absolute atomic E-state index is 13.8. The summed E-state index contributed by atoms with van der Waals surface area (Å²) < 4.78 is 55.7. The fourth-order valence-corrected chi connectivity index (χ4v) is 8.71. The Morgan fingerprint density at radius 2 is 0.638 bits per heavy atom. The molecular weight excluding hydrogens is 939 g/mol. The van der Waals surface area contributed by atoms with Crippen molar-refractivity contribution in [3.63, 3.8) is 0 Å². The first kappa shape index (κ1) is 58.6. The van der Waals surface area contributed by atoms with E-state index >= 15 is 0 Å². The van der Waals surface area contributed by atoms with Crippen LogP contribution in [0.3, 0.4) is 0 Å². The molecule has 6 atom stereocenters. The van der Waals surface area contributed by atoms with Crippen molar-refractivity contribution in [3.8, 4) is 0 Å². The van der Waals surface area contributed by atoms with Crippen LogP contribution in [0.15, 0.2) is 87.2 Å². The van der Waals surface area contributed by atoms with E-state index in [0.29, 0.717) is 39.6 Å². The summed E-state index contributed by atoms with van der Waals surface area (Å²) in [6.45, 7) is 18.1. The summed E-state index contributed by atoms with van der Waals surface area (Å²) in [6.07, 6.45) is 6.18. The van der Waals surface area contributed by atoms with Crippen LogP contribution >= 0.6 is 26.4 Å². The number of unbranched alkanes of at least 4 members (excludes halogenated alkanes) is 3. The van der Waals surface area contributed by atoms with Crippen LogP contribution in [0.4, 0.5) is 0 Å². The highest BCUT2D eigenvalue weighted by Gasteiger charge is 2.17. The summed E-state index contributed by atoms with van der Waals surface area (Å²) in [5.41, 5.74) is 0.986. The lowest BCUT2D eigenvalue weighted by Crippen LogP contribution is -2.55. The molecule has 1 aromatic heterocycles. The van der Waals surface area contributed by atoms with Gasteiger partial charge in [0.25, 0.3) is 0 Å². The largest absolute Gasteiger partial charge is 0.379 e. The van der Waals surface area contributed by atoms with Gasteiger partial charge in [-0.15, -0.1) is 0 Å². The third-order valence-electron chi connectivity index (χ3n) is 11.1. The van der Waals surface area contributed by atoms with Crippen LogP contribution in [-0.2, 0) is 61.6 Å². The molecule has 4 aromatic rings. The minimum Gasteiger partial charge on any atom is -0.379 e. The van der Waals surface area contributed by atoms with E-state index in [4.69, 9.17) is 42.0 Å². The highest BCUT2D eigenvalue weighted by atomic mass is 31.1. The smallest absolute Gasteiger partial charge is 0.336 e. The van der Waals surface area contributed by atoms with E-state index in [1.165, 1.54) is 0 Å². The standard InChI is InChI=1S/C51H78N3O12P3/c1-7-10-28-58-34-37-61-40(4)43-13-19-46(20-14-43)67-64-31-25-52-49(55)53(26-32-65-68-47-21-15-44(16-22-47)41(5)62-38-35-59-29-11-8-2)51(57)54(50(52)56)27-33-66-69-48-23-17-45(18-24-48)42(6)63-39-36-60-30-12-9-3/h13-24,40-42,67-69H,7-12,25-39H2,1-6H3. The molecule has 1 heterocycles. The molecule has 0 N–H and O–H groups in total. The summed E-state index contributed by atoms with van der Waals surface area (Å²) in [4.78, 5) is 41.4. The second-order valence-corrected chi connectivity index (χ2v) is 19.7. The molecule has 0 aliphatic heterocycles. The molecule has 3 aromatic carbocycles. The van der Waals surface area contributed by atoms with Gasteiger partial charge in [0.2, 0.25) is 0 Å². The molecule has 0 bridgehead atoms. The molecular formula is C51H78N3O12P3. The van der Waals surface area contributed by atoms with Crippen molar-refractivity contribution in [2.45, 2.75) is 118 Å². The Morgan fingerprint density at radius 3 is 0.884 bits per heavy atom. The lowest BCUT2D eigenvalue weighted by atomic mass is 10.1. The average Bonchev–Trinajstić information content (AvgIpc) is 3.36. The van der Waals surface area contributed by atoms with Gasteiger partial charge >= 0.3 is 17.1 Å². The van der Waals surface area contributed by atoms with E-state index in [9.17, 15) is 14.4 Å². The number of aromatic nitrogens is 3. The van der Waals surface area contributed by atoms with Crippen LogP contribution in [0.25, 0.3) is 0 Å². The molecule has 384 valence electrons. The molecule has 69 heavy (non-hydrogen) atoms. The summed E-state index contributed by atoms with van der Waals surface area (Å²) >= 11 is 0. The quantitative estimate of drug-likeness (QED) is 0.0319. The van der Waals surface area contributed by atoms with Crippen molar-refractivity contribution in [2.75, 3.05) is 79.3 Å². The van der Waals surface area contributed by atoms with Crippen LogP contribution in [0.1, 0.15) is 115 Å². The third-order valence-corrected chi connectivity index (χ3v) is 13.8. The van der Waals surface area contributed by atoms with Gasteiger partial charge in [-0.1, -0.05) is 113 Å². The number of hydrogen-bond acceptors (Lipinski definition) is 12. The van der Waals surface area contributed by atoms with Crippen LogP contribution in [-0.4, -0.2) is 93.0 Å². The molecule has 18 heteroatoms. The second kappa shape index (κ2) is 35.2. The van der Waals surface area contributed by atoms with Crippen molar-refractivity contribution < 1.29 is 42.0 Å². The Bertz CT molecular complexity index is 1880. The van der Waals surface area contributed by atoms with Crippen LogP contribution < -0.4 is 33.0 Å². The Balaban J connectivity index is 1.34. The lowest BCUT2D eigenvalue weighted by Gasteiger charge is -2.15. The van der Waals surface area contributed by atoms with Crippen LogP contribution in [0.2, 0.25) is 0 Å². The average molecular weight is 1020 g/mol. The second-order valence-electron chi connectivity index (χ2n) is 16.5. The van der Waals surface area contributed by atoms with E-state index in [0.717, 1.165) is 105 Å². The highest BCUT2D eigenvalue weighted by Crippen LogP contribution is 2.21. The first-order valence-electron chi connectivity index (χ1n) is 24.6. The van der Waals surface area contributed by atoms with Crippen molar-refractivity contribution in [2.24, 2.45) is 0 Å². The molecule has 6 unspecified atom stereocenters. The molecule has 0 aliphatic carbocycles. The third kappa shape index (κ3) is 22.1. The minimum absolute atomic E-state index is 0.0175. The predicted molar refractivity (Wildman–Crippen MR) is 281 cm³/mol. The molecule has 0 spiro atoms. The Morgan fingerprint density at radius 1 is 0.377 bits per heavy atom. The van der Waals surface area contributed by atoms with E-state index in [1.807, 2.05) is 93.6 Å². The highest BCUT2D eigenvalue weighted by molar-refractivity contribution is 7.42. The van der Waals surface area contributed by atoms with Gasteiger partial charge in [-0.05, 0) is 72.6 Å². The van der Waals surface area contributed by atoms with E-state index in [2.05, 4.69) is 20.8 Å². The van der Waals surface area contributed by atoms with Gasteiger partial charge in [0.05, 0.1) is 97.4 Å². The molecule has 15 nitrogen and oxygen atoms in total. The lowest BCUT2D eigenvalue weighted by molar-refractivity contribution is 0.0109. The van der Waals surface area contributed by atoms with Crippen LogP contribution in [0, 0.1) is 0 Å². The number of rotatable bonds is 39. The van der Waals surface area contributed by atoms with Gasteiger partial charge in [-0.25, -0.2) is 28.1 Å². The van der Waals surface area contributed by atoms with Gasteiger partial charge in [-0.3, -0.25) is 0 Å². The first-order chi connectivity index (χ1) is 33.7. The number of ether oxygens (including phenoxy) is 6. The summed E-state index contributed by atoms with van der Waals surface area (Å²) in [7, 11) is -0.0526. The number of hydrogen-bond donors (Lipinski definition) is 0. The fourth-order valence-electron chi connectivity index (χ4n) is 6.72. The molecule has 0 amide bonds. The molecule has 0 saturated carbocycles. The van der Waals surface area contributed by atoms with E-state index in [1.54, 1.807) is 0 Å². The zero-order valence-corrected chi connectivity index (χ0v) is 44.8. The molecule has 0 fully saturated rings. The first-order valence-corrected chi connectivity index (χ1v) is 27.3. The normalized spacial score (nSPS) is 13.5. The Hall–Kier alpha value is -3.00. The van der Waals surface area contributed by atoms with Gasteiger partial charge in [-0.2, -0.15) is 0 Å². The SMILES string of the molecule is CCCCOCCOC(C)c1ccc(POCCn2c(=O)n(CCOPc3ccc(C(C)OCCOCCCC)cc3)c(=O)n(CCOPc3ccc(C(C)OCCOCCCC)cc3)c2=O)cc1.